The largest absolute Gasteiger partial charge is 0.318 e. The number of carbonyl (C=O) groups excluding carboxylic acids is 2. The van der Waals surface area contributed by atoms with Crippen molar-refractivity contribution in [2.24, 2.45) is 0 Å². The van der Waals surface area contributed by atoms with Gasteiger partial charge in [0.1, 0.15) is 5.70 Å². The normalized spacial score (nSPS) is 9.13. The van der Waals surface area contributed by atoms with Crippen LogP contribution in [0.1, 0.15) is 10.4 Å². The van der Waals surface area contributed by atoms with Crippen molar-refractivity contribution in [3.63, 3.8) is 0 Å². The minimum absolute atomic E-state index is 0.216. The van der Waals surface area contributed by atoms with E-state index in [0.29, 0.717) is 5.56 Å². The summed E-state index contributed by atoms with van der Waals surface area (Å²) in [6, 6.07) is 8.36. The Bertz CT molecular complexity index is 387. The van der Waals surface area contributed by atoms with Gasteiger partial charge in [0, 0.05) is 5.56 Å². The van der Waals surface area contributed by atoms with E-state index in [2.05, 4.69) is 11.9 Å². The van der Waals surface area contributed by atoms with Crippen LogP contribution in [0.2, 0.25) is 0 Å². The van der Waals surface area contributed by atoms with Gasteiger partial charge in [-0.3, -0.25) is 14.8 Å². The van der Waals surface area contributed by atoms with Crippen molar-refractivity contribution in [1.82, 2.24) is 10.8 Å². The molecule has 2 amide bonds. The highest BCUT2D eigenvalue weighted by Crippen LogP contribution is 1.99. The zero-order valence-electron chi connectivity index (χ0n) is 7.86. The second-order valence-corrected chi connectivity index (χ2v) is 2.74. The van der Waals surface area contributed by atoms with E-state index >= 15 is 0 Å². The maximum Gasteiger partial charge on any atom is 0.290 e. The molecule has 0 aliphatic heterocycles. The Morgan fingerprint density at radius 3 is 2.33 bits per heavy atom. The van der Waals surface area contributed by atoms with Gasteiger partial charge in [0.2, 0.25) is 0 Å². The third-order valence-electron chi connectivity index (χ3n) is 1.68. The molecule has 0 saturated carbocycles. The smallest absolute Gasteiger partial charge is 0.290 e. The Balaban J connectivity index is 2.65. The van der Waals surface area contributed by atoms with Gasteiger partial charge < -0.3 is 5.32 Å². The monoisotopic (exact) mass is 206 g/mol. The van der Waals surface area contributed by atoms with E-state index in [1.807, 2.05) is 0 Å². The molecular formula is C10H10N2O3. The van der Waals surface area contributed by atoms with Gasteiger partial charge in [-0.05, 0) is 12.1 Å². The summed E-state index contributed by atoms with van der Waals surface area (Å²) in [7, 11) is 0. The number of hydroxylamine groups is 1. The van der Waals surface area contributed by atoms with Crippen LogP contribution in [0.15, 0.2) is 42.6 Å². The summed E-state index contributed by atoms with van der Waals surface area (Å²) in [5.74, 6) is -1.30. The highest BCUT2D eigenvalue weighted by Gasteiger charge is 2.10. The van der Waals surface area contributed by atoms with Gasteiger partial charge in [0.05, 0.1) is 0 Å². The van der Waals surface area contributed by atoms with Crippen LogP contribution in [-0.4, -0.2) is 17.0 Å². The molecule has 1 aromatic carbocycles. The molecule has 1 rings (SSSR count). The second kappa shape index (κ2) is 4.92. The first kappa shape index (κ1) is 10.9. The van der Waals surface area contributed by atoms with Crippen molar-refractivity contribution in [2.45, 2.75) is 0 Å². The van der Waals surface area contributed by atoms with Gasteiger partial charge in [-0.1, -0.05) is 24.8 Å². The van der Waals surface area contributed by atoms with Crippen molar-refractivity contribution >= 4 is 11.8 Å². The number of rotatable bonds is 3. The highest BCUT2D eigenvalue weighted by molar-refractivity contribution is 6.02. The third-order valence-corrected chi connectivity index (χ3v) is 1.68. The Labute approximate surface area is 86.4 Å². The summed E-state index contributed by atoms with van der Waals surface area (Å²) in [6.45, 7) is 3.29. The molecule has 0 heterocycles. The summed E-state index contributed by atoms with van der Waals surface area (Å²) in [6.07, 6.45) is 0. The first-order valence-corrected chi connectivity index (χ1v) is 4.15. The molecule has 0 aromatic heterocycles. The Morgan fingerprint density at radius 1 is 1.20 bits per heavy atom. The second-order valence-electron chi connectivity index (χ2n) is 2.74. The van der Waals surface area contributed by atoms with Crippen LogP contribution in [-0.2, 0) is 4.79 Å². The van der Waals surface area contributed by atoms with Gasteiger partial charge >= 0.3 is 0 Å². The highest BCUT2D eigenvalue weighted by atomic mass is 16.5. The van der Waals surface area contributed by atoms with Crippen LogP contribution in [0.4, 0.5) is 0 Å². The van der Waals surface area contributed by atoms with Crippen LogP contribution in [0, 0.1) is 0 Å². The predicted molar refractivity (Wildman–Crippen MR) is 53.0 cm³/mol. The summed E-state index contributed by atoms with van der Waals surface area (Å²) in [4.78, 5) is 22.2. The fraction of sp³-hybridized carbons (Fsp3) is 0. The van der Waals surface area contributed by atoms with Crippen molar-refractivity contribution in [2.75, 3.05) is 0 Å². The van der Waals surface area contributed by atoms with E-state index in [1.165, 1.54) is 5.48 Å². The van der Waals surface area contributed by atoms with E-state index < -0.39 is 11.8 Å². The van der Waals surface area contributed by atoms with Crippen molar-refractivity contribution in [1.29, 1.82) is 0 Å². The molecule has 5 heteroatoms. The molecule has 0 fully saturated rings. The van der Waals surface area contributed by atoms with E-state index in [0.717, 1.165) is 0 Å². The van der Waals surface area contributed by atoms with Crippen LogP contribution in [0.3, 0.4) is 0 Å². The Hall–Kier alpha value is -2.14. The summed E-state index contributed by atoms with van der Waals surface area (Å²) < 4.78 is 0. The molecule has 0 radical (unpaired) electrons. The Kier molecular flexibility index (Phi) is 3.59. The standard InChI is InChI=1S/C10H10N2O3/c1-7(9(13)12-15)11-10(14)8-5-3-2-4-6-8/h2-6,15H,1H2,(H,11,14)(H,12,13). The molecule has 0 aliphatic carbocycles. The number of carbonyl (C=O) groups is 2. The zero-order chi connectivity index (χ0) is 11.3. The minimum Gasteiger partial charge on any atom is -0.318 e. The van der Waals surface area contributed by atoms with Crippen LogP contribution in [0.5, 0.6) is 0 Å². The minimum atomic E-state index is -0.848. The molecule has 0 saturated heterocycles. The molecule has 0 bridgehead atoms. The van der Waals surface area contributed by atoms with Crippen LogP contribution < -0.4 is 10.8 Å². The fourth-order valence-electron chi connectivity index (χ4n) is 0.923. The lowest BCUT2D eigenvalue weighted by molar-refractivity contribution is -0.125. The lowest BCUT2D eigenvalue weighted by Crippen LogP contribution is -2.32. The SMILES string of the molecule is C=C(NC(=O)c1ccccc1)C(=O)NO. The average Bonchev–Trinajstić information content (AvgIpc) is 2.29. The van der Waals surface area contributed by atoms with Gasteiger partial charge in [-0.2, -0.15) is 0 Å². The van der Waals surface area contributed by atoms with Crippen molar-refractivity contribution < 1.29 is 14.8 Å². The topological polar surface area (TPSA) is 78.4 Å². The number of hydrogen-bond donors (Lipinski definition) is 3. The van der Waals surface area contributed by atoms with Gasteiger partial charge in [-0.25, -0.2) is 5.48 Å². The maximum atomic E-state index is 11.4. The molecule has 0 aliphatic rings. The number of hydrogen-bond acceptors (Lipinski definition) is 3. The van der Waals surface area contributed by atoms with Crippen LogP contribution in [0.25, 0.3) is 0 Å². The molecule has 0 atom stereocenters. The number of nitrogens with one attached hydrogen (secondary N) is 2. The summed E-state index contributed by atoms with van der Waals surface area (Å²) in [5.41, 5.74) is 1.56. The van der Waals surface area contributed by atoms with Crippen molar-refractivity contribution in [3.8, 4) is 0 Å². The maximum absolute atomic E-state index is 11.4. The van der Waals surface area contributed by atoms with E-state index in [-0.39, 0.29) is 5.70 Å². The number of benzene rings is 1. The Morgan fingerprint density at radius 2 is 1.80 bits per heavy atom. The first-order valence-electron chi connectivity index (χ1n) is 4.15. The van der Waals surface area contributed by atoms with Gasteiger partial charge in [0.15, 0.2) is 0 Å². The van der Waals surface area contributed by atoms with Gasteiger partial charge in [-0.15, -0.1) is 0 Å². The third kappa shape index (κ3) is 2.92. The predicted octanol–water partition coefficient (Wildman–Crippen LogP) is 0.436. The van der Waals surface area contributed by atoms with E-state index in [9.17, 15) is 9.59 Å². The fourth-order valence-corrected chi connectivity index (χ4v) is 0.923. The van der Waals surface area contributed by atoms with Crippen molar-refractivity contribution in [3.05, 3.63) is 48.2 Å². The summed E-state index contributed by atoms with van der Waals surface area (Å²) >= 11 is 0. The molecule has 0 spiro atoms. The quantitative estimate of drug-likeness (QED) is 0.381. The molecule has 0 unspecified atom stereocenters. The van der Waals surface area contributed by atoms with Gasteiger partial charge in [0.25, 0.3) is 11.8 Å². The molecule has 3 N–H and O–H groups in total. The summed E-state index contributed by atoms with van der Waals surface area (Å²) in [5, 5.41) is 10.5. The lowest BCUT2D eigenvalue weighted by Gasteiger charge is -2.05. The average molecular weight is 206 g/mol. The first-order chi connectivity index (χ1) is 7.15. The molecule has 78 valence electrons. The van der Waals surface area contributed by atoms with Crippen LogP contribution >= 0.6 is 0 Å². The zero-order valence-corrected chi connectivity index (χ0v) is 7.86. The molecule has 5 nitrogen and oxygen atoms in total. The van der Waals surface area contributed by atoms with E-state index in [1.54, 1.807) is 30.3 Å². The van der Waals surface area contributed by atoms with E-state index in [4.69, 9.17) is 5.21 Å². The lowest BCUT2D eigenvalue weighted by atomic mass is 10.2. The molecular weight excluding hydrogens is 196 g/mol. The molecule has 15 heavy (non-hydrogen) atoms. The molecule has 1 aromatic rings. The number of amides is 2.